The van der Waals surface area contributed by atoms with Crippen LogP contribution in [0.15, 0.2) is 48.5 Å². The molecule has 21 heavy (non-hydrogen) atoms. The largest absolute Gasteiger partial charge is 0.492 e. The van der Waals surface area contributed by atoms with Crippen molar-refractivity contribution in [3.05, 3.63) is 65.5 Å². The highest BCUT2D eigenvalue weighted by atomic mass is 19.1. The van der Waals surface area contributed by atoms with E-state index in [0.717, 1.165) is 11.1 Å². The molecule has 0 saturated heterocycles. The maximum atomic E-state index is 13.1. The number of halogens is 1. The molecule has 0 fully saturated rings. The van der Waals surface area contributed by atoms with Crippen LogP contribution in [0.5, 0.6) is 5.75 Å². The molecule has 0 radical (unpaired) electrons. The standard InChI is InChI=1S/C17H17FO3/c1-12-6-8-13(9-7-12)16(17(19)20-2)11-21-15-5-3-4-14(18)10-15/h3-10,16H,11H2,1-2H3. The van der Waals surface area contributed by atoms with Crippen LogP contribution in [0.25, 0.3) is 0 Å². The average Bonchev–Trinajstić information content (AvgIpc) is 2.49. The van der Waals surface area contributed by atoms with Crippen molar-refractivity contribution in [3.63, 3.8) is 0 Å². The highest BCUT2D eigenvalue weighted by Gasteiger charge is 2.22. The van der Waals surface area contributed by atoms with E-state index < -0.39 is 5.92 Å². The minimum Gasteiger partial charge on any atom is -0.492 e. The van der Waals surface area contributed by atoms with Gasteiger partial charge in [0.2, 0.25) is 0 Å². The summed E-state index contributed by atoms with van der Waals surface area (Å²) in [6, 6.07) is 13.4. The maximum absolute atomic E-state index is 13.1. The highest BCUT2D eigenvalue weighted by molar-refractivity contribution is 5.78. The third-order valence-corrected chi connectivity index (χ3v) is 3.18. The van der Waals surface area contributed by atoms with Gasteiger partial charge in [0.25, 0.3) is 0 Å². The minimum atomic E-state index is -0.543. The second-order valence-corrected chi connectivity index (χ2v) is 4.75. The van der Waals surface area contributed by atoms with E-state index in [0.29, 0.717) is 5.75 Å². The Morgan fingerprint density at radius 2 is 1.90 bits per heavy atom. The fraction of sp³-hybridized carbons (Fsp3) is 0.235. The molecule has 0 aliphatic carbocycles. The number of ether oxygens (including phenoxy) is 2. The molecule has 3 nitrogen and oxygen atoms in total. The molecule has 0 spiro atoms. The van der Waals surface area contributed by atoms with E-state index in [1.165, 1.54) is 19.2 Å². The second-order valence-electron chi connectivity index (χ2n) is 4.75. The first kappa shape index (κ1) is 15.0. The third-order valence-electron chi connectivity index (χ3n) is 3.18. The summed E-state index contributed by atoms with van der Waals surface area (Å²) in [6.07, 6.45) is 0. The number of carbonyl (C=O) groups is 1. The summed E-state index contributed by atoms with van der Waals surface area (Å²) in [7, 11) is 1.34. The fourth-order valence-corrected chi connectivity index (χ4v) is 1.98. The lowest BCUT2D eigenvalue weighted by atomic mass is 9.99. The lowest BCUT2D eigenvalue weighted by molar-refractivity contribution is -0.143. The van der Waals surface area contributed by atoms with Gasteiger partial charge >= 0.3 is 5.97 Å². The minimum absolute atomic E-state index is 0.0964. The zero-order valence-corrected chi connectivity index (χ0v) is 12.0. The summed E-state index contributed by atoms with van der Waals surface area (Å²) >= 11 is 0. The first-order chi connectivity index (χ1) is 10.1. The summed E-state index contributed by atoms with van der Waals surface area (Å²) in [5.74, 6) is -0.914. The van der Waals surface area contributed by atoms with Gasteiger partial charge in [-0.1, -0.05) is 35.9 Å². The van der Waals surface area contributed by atoms with E-state index in [1.807, 2.05) is 31.2 Å². The van der Waals surface area contributed by atoms with Crippen molar-refractivity contribution < 1.29 is 18.7 Å². The number of hydrogen-bond acceptors (Lipinski definition) is 3. The Morgan fingerprint density at radius 3 is 2.52 bits per heavy atom. The van der Waals surface area contributed by atoms with E-state index in [9.17, 15) is 9.18 Å². The van der Waals surface area contributed by atoms with Crippen molar-refractivity contribution in [2.75, 3.05) is 13.7 Å². The van der Waals surface area contributed by atoms with Gasteiger partial charge in [0.15, 0.2) is 0 Å². The Hall–Kier alpha value is -2.36. The molecule has 0 aliphatic rings. The van der Waals surface area contributed by atoms with Crippen LogP contribution >= 0.6 is 0 Å². The van der Waals surface area contributed by atoms with Gasteiger partial charge in [0, 0.05) is 6.07 Å². The van der Waals surface area contributed by atoms with E-state index in [2.05, 4.69) is 0 Å². The van der Waals surface area contributed by atoms with Gasteiger partial charge in [-0.3, -0.25) is 4.79 Å². The van der Waals surface area contributed by atoms with Crippen molar-refractivity contribution in [1.82, 2.24) is 0 Å². The summed E-state index contributed by atoms with van der Waals surface area (Å²) in [6.45, 7) is 2.07. The molecule has 1 atom stereocenters. The zero-order valence-electron chi connectivity index (χ0n) is 12.0. The van der Waals surface area contributed by atoms with Gasteiger partial charge in [-0.25, -0.2) is 4.39 Å². The molecule has 2 rings (SSSR count). The Balaban J connectivity index is 2.13. The topological polar surface area (TPSA) is 35.5 Å². The van der Waals surface area contributed by atoms with Crippen LogP contribution < -0.4 is 4.74 Å². The van der Waals surface area contributed by atoms with Crippen molar-refractivity contribution >= 4 is 5.97 Å². The summed E-state index contributed by atoms with van der Waals surface area (Å²) in [5.41, 5.74) is 1.91. The number of aryl methyl sites for hydroxylation is 1. The highest BCUT2D eigenvalue weighted by Crippen LogP contribution is 2.21. The van der Waals surface area contributed by atoms with E-state index in [-0.39, 0.29) is 18.4 Å². The van der Waals surface area contributed by atoms with Crippen LogP contribution in [-0.2, 0) is 9.53 Å². The van der Waals surface area contributed by atoms with Gasteiger partial charge in [0.1, 0.15) is 24.1 Å². The van der Waals surface area contributed by atoms with Crippen LogP contribution in [0.3, 0.4) is 0 Å². The van der Waals surface area contributed by atoms with Gasteiger partial charge in [-0.2, -0.15) is 0 Å². The fourth-order valence-electron chi connectivity index (χ4n) is 1.98. The average molecular weight is 288 g/mol. The van der Waals surface area contributed by atoms with Crippen LogP contribution in [-0.4, -0.2) is 19.7 Å². The molecule has 110 valence electrons. The third kappa shape index (κ3) is 4.05. The normalized spacial score (nSPS) is 11.8. The van der Waals surface area contributed by atoms with Crippen molar-refractivity contribution in [3.8, 4) is 5.75 Å². The van der Waals surface area contributed by atoms with Crippen LogP contribution in [0, 0.1) is 12.7 Å². The van der Waals surface area contributed by atoms with Gasteiger partial charge < -0.3 is 9.47 Å². The molecule has 0 bridgehead atoms. The quantitative estimate of drug-likeness (QED) is 0.790. The lowest BCUT2D eigenvalue weighted by Crippen LogP contribution is -2.21. The molecule has 0 N–H and O–H groups in total. The number of hydrogen-bond donors (Lipinski definition) is 0. The molecule has 0 saturated carbocycles. The molecule has 1 unspecified atom stereocenters. The molecule has 4 heteroatoms. The second kappa shape index (κ2) is 6.88. The Kier molecular flexibility index (Phi) is 4.93. The monoisotopic (exact) mass is 288 g/mol. The van der Waals surface area contributed by atoms with Gasteiger partial charge in [-0.05, 0) is 24.6 Å². The predicted molar refractivity (Wildman–Crippen MR) is 77.8 cm³/mol. The summed E-state index contributed by atoms with van der Waals surface area (Å²) in [5, 5.41) is 0. The Bertz CT molecular complexity index is 608. The molecular weight excluding hydrogens is 271 g/mol. The molecule has 2 aromatic carbocycles. The number of carbonyl (C=O) groups excluding carboxylic acids is 1. The van der Waals surface area contributed by atoms with Crippen molar-refractivity contribution in [2.24, 2.45) is 0 Å². The first-order valence-electron chi connectivity index (χ1n) is 6.63. The lowest BCUT2D eigenvalue weighted by Gasteiger charge is -2.16. The number of benzene rings is 2. The molecule has 2 aromatic rings. The van der Waals surface area contributed by atoms with Crippen molar-refractivity contribution in [1.29, 1.82) is 0 Å². The van der Waals surface area contributed by atoms with E-state index in [1.54, 1.807) is 12.1 Å². The maximum Gasteiger partial charge on any atom is 0.316 e. The molecule has 0 aliphatic heterocycles. The summed E-state index contributed by atoms with van der Waals surface area (Å²) in [4.78, 5) is 11.9. The first-order valence-corrected chi connectivity index (χ1v) is 6.63. The van der Waals surface area contributed by atoms with E-state index >= 15 is 0 Å². The molecule has 0 aromatic heterocycles. The molecule has 0 amide bonds. The summed E-state index contributed by atoms with van der Waals surface area (Å²) < 4.78 is 23.4. The smallest absolute Gasteiger partial charge is 0.316 e. The SMILES string of the molecule is COC(=O)C(COc1cccc(F)c1)c1ccc(C)cc1. The predicted octanol–water partition coefficient (Wildman–Crippen LogP) is 3.47. The number of rotatable bonds is 5. The van der Waals surface area contributed by atoms with Crippen LogP contribution in [0.1, 0.15) is 17.0 Å². The number of esters is 1. The molecule has 0 heterocycles. The van der Waals surface area contributed by atoms with E-state index in [4.69, 9.17) is 9.47 Å². The van der Waals surface area contributed by atoms with Crippen molar-refractivity contribution in [2.45, 2.75) is 12.8 Å². The van der Waals surface area contributed by atoms with Crippen LogP contribution in [0.4, 0.5) is 4.39 Å². The van der Waals surface area contributed by atoms with Crippen LogP contribution in [0.2, 0.25) is 0 Å². The van der Waals surface area contributed by atoms with Gasteiger partial charge in [0.05, 0.1) is 7.11 Å². The number of methoxy groups -OCH3 is 1. The zero-order chi connectivity index (χ0) is 15.2. The molecular formula is C17H17FO3. The van der Waals surface area contributed by atoms with Gasteiger partial charge in [-0.15, -0.1) is 0 Å². The Morgan fingerprint density at radius 1 is 1.19 bits per heavy atom. The Labute approximate surface area is 123 Å².